The molecule has 1 saturated heterocycles. The molecule has 1 aromatic rings. The van der Waals surface area contributed by atoms with Gasteiger partial charge in [0.25, 0.3) is 11.6 Å². The van der Waals surface area contributed by atoms with Crippen molar-refractivity contribution in [2.24, 2.45) is 0 Å². The molecule has 21 heavy (non-hydrogen) atoms. The fourth-order valence-electron chi connectivity index (χ4n) is 2.77. The lowest BCUT2D eigenvalue weighted by atomic mass is 10.1. The Kier molecular flexibility index (Phi) is 4.90. The van der Waals surface area contributed by atoms with Gasteiger partial charge in [-0.05, 0) is 31.4 Å². The molecule has 0 bridgehead atoms. The van der Waals surface area contributed by atoms with Gasteiger partial charge in [0.05, 0.1) is 17.6 Å². The van der Waals surface area contributed by atoms with E-state index >= 15 is 0 Å². The van der Waals surface area contributed by atoms with E-state index in [1.807, 2.05) is 0 Å². The van der Waals surface area contributed by atoms with Crippen molar-refractivity contribution in [1.29, 1.82) is 0 Å². The Labute approximate surface area is 123 Å². The van der Waals surface area contributed by atoms with E-state index in [9.17, 15) is 20.0 Å². The van der Waals surface area contributed by atoms with E-state index in [1.54, 1.807) is 24.0 Å². The number of hydrogen-bond acceptors (Lipinski definition) is 4. The summed E-state index contributed by atoms with van der Waals surface area (Å²) in [6, 6.07) is 4.30. The fraction of sp³-hybridized carbons (Fsp3) is 0.533. The Hall–Kier alpha value is -1.95. The van der Waals surface area contributed by atoms with Gasteiger partial charge in [-0.25, -0.2) is 0 Å². The molecule has 1 N–H and O–H groups in total. The lowest BCUT2D eigenvalue weighted by molar-refractivity contribution is -0.385. The van der Waals surface area contributed by atoms with E-state index < -0.39 is 4.92 Å². The molecule has 6 heteroatoms. The monoisotopic (exact) mass is 292 g/mol. The summed E-state index contributed by atoms with van der Waals surface area (Å²) in [5, 5.41) is 20.6. The van der Waals surface area contributed by atoms with Crippen molar-refractivity contribution in [2.45, 2.75) is 38.6 Å². The minimum Gasteiger partial charge on any atom is -0.394 e. The first kappa shape index (κ1) is 15.4. The highest BCUT2D eigenvalue weighted by Crippen LogP contribution is 2.25. The van der Waals surface area contributed by atoms with Gasteiger partial charge in [-0.1, -0.05) is 18.9 Å². The number of rotatable bonds is 3. The van der Waals surface area contributed by atoms with Crippen LogP contribution in [0.25, 0.3) is 0 Å². The lowest BCUT2D eigenvalue weighted by Gasteiger charge is -2.28. The third kappa shape index (κ3) is 3.39. The number of carbonyl (C=O) groups is 1. The Morgan fingerprint density at radius 2 is 2.19 bits per heavy atom. The Morgan fingerprint density at radius 3 is 2.86 bits per heavy atom. The first-order valence-electron chi connectivity index (χ1n) is 7.21. The highest BCUT2D eigenvalue weighted by Gasteiger charge is 2.30. The minimum atomic E-state index is -0.529. The zero-order chi connectivity index (χ0) is 15.4. The molecule has 0 aliphatic carbocycles. The topological polar surface area (TPSA) is 83.7 Å². The van der Waals surface area contributed by atoms with E-state index in [0.717, 1.165) is 31.2 Å². The molecule has 6 nitrogen and oxygen atoms in total. The van der Waals surface area contributed by atoms with E-state index in [0.29, 0.717) is 6.54 Å². The van der Waals surface area contributed by atoms with Gasteiger partial charge >= 0.3 is 0 Å². The molecule has 1 amide bonds. The summed E-state index contributed by atoms with van der Waals surface area (Å²) < 4.78 is 0. The van der Waals surface area contributed by atoms with Crippen molar-refractivity contribution in [1.82, 2.24) is 4.90 Å². The first-order valence-corrected chi connectivity index (χ1v) is 7.21. The van der Waals surface area contributed by atoms with Gasteiger partial charge in [0.15, 0.2) is 0 Å². The van der Waals surface area contributed by atoms with Crippen LogP contribution in [0.1, 0.15) is 41.6 Å². The number of aryl methyl sites for hydroxylation is 1. The molecule has 1 fully saturated rings. The quantitative estimate of drug-likeness (QED) is 0.684. The SMILES string of the molecule is Cc1ccc([N+](=O)[O-])c(C(=O)N2CCCCCC2CO)c1. The Bertz CT molecular complexity index is 544. The standard InChI is InChI=1S/C15H20N2O4/c1-11-6-7-14(17(20)21)13(9-11)15(19)16-8-4-2-3-5-12(16)10-18/h6-7,9,12,18H,2-5,8,10H2,1H3. The molecule has 1 aliphatic rings. The third-order valence-corrected chi connectivity index (χ3v) is 3.93. The first-order chi connectivity index (χ1) is 10.0. The van der Waals surface area contributed by atoms with E-state index in [4.69, 9.17) is 0 Å². The molecular weight excluding hydrogens is 272 g/mol. The fourth-order valence-corrected chi connectivity index (χ4v) is 2.77. The molecule has 0 radical (unpaired) electrons. The zero-order valence-electron chi connectivity index (χ0n) is 12.1. The smallest absolute Gasteiger partial charge is 0.282 e. The van der Waals surface area contributed by atoms with Crippen LogP contribution >= 0.6 is 0 Å². The summed E-state index contributed by atoms with van der Waals surface area (Å²) in [6.45, 7) is 2.23. The molecule has 0 saturated carbocycles. The van der Waals surface area contributed by atoms with E-state index in [1.165, 1.54) is 6.07 Å². The van der Waals surface area contributed by atoms with E-state index in [-0.39, 0.29) is 29.8 Å². The van der Waals surface area contributed by atoms with Gasteiger partial charge < -0.3 is 10.0 Å². The van der Waals surface area contributed by atoms with Crippen LogP contribution in [0.15, 0.2) is 18.2 Å². The number of aliphatic hydroxyl groups is 1. The molecule has 1 aliphatic heterocycles. The number of amides is 1. The van der Waals surface area contributed by atoms with Gasteiger partial charge in [-0.15, -0.1) is 0 Å². The highest BCUT2D eigenvalue weighted by atomic mass is 16.6. The van der Waals surface area contributed by atoms with Crippen molar-refractivity contribution in [3.63, 3.8) is 0 Å². The predicted octanol–water partition coefficient (Wildman–Crippen LogP) is 2.28. The van der Waals surface area contributed by atoms with Crippen LogP contribution in [0.2, 0.25) is 0 Å². The molecule has 2 rings (SSSR count). The second kappa shape index (κ2) is 6.67. The van der Waals surface area contributed by atoms with Crippen LogP contribution in [0.4, 0.5) is 5.69 Å². The van der Waals surface area contributed by atoms with Crippen LogP contribution in [0.5, 0.6) is 0 Å². The number of nitro groups is 1. The lowest BCUT2D eigenvalue weighted by Crippen LogP contribution is -2.42. The summed E-state index contributed by atoms with van der Waals surface area (Å²) in [6.07, 6.45) is 3.57. The van der Waals surface area contributed by atoms with Crippen LogP contribution in [0.3, 0.4) is 0 Å². The van der Waals surface area contributed by atoms with Crippen LogP contribution in [-0.4, -0.2) is 40.0 Å². The molecular formula is C15H20N2O4. The van der Waals surface area contributed by atoms with Gasteiger partial charge in [-0.2, -0.15) is 0 Å². The number of nitrogens with zero attached hydrogens (tertiary/aromatic N) is 2. The number of aliphatic hydroxyl groups excluding tert-OH is 1. The van der Waals surface area contributed by atoms with Crippen molar-refractivity contribution in [3.8, 4) is 0 Å². The van der Waals surface area contributed by atoms with Gasteiger partial charge in [-0.3, -0.25) is 14.9 Å². The number of benzene rings is 1. The molecule has 1 heterocycles. The molecule has 0 aromatic heterocycles. The van der Waals surface area contributed by atoms with Gasteiger partial charge in [0.2, 0.25) is 0 Å². The highest BCUT2D eigenvalue weighted by molar-refractivity contribution is 5.98. The predicted molar refractivity (Wildman–Crippen MR) is 78.2 cm³/mol. The zero-order valence-corrected chi connectivity index (χ0v) is 12.1. The van der Waals surface area contributed by atoms with Crippen molar-refractivity contribution in [3.05, 3.63) is 39.4 Å². The number of hydrogen-bond donors (Lipinski definition) is 1. The molecule has 1 aromatic carbocycles. The maximum atomic E-state index is 12.7. The maximum absolute atomic E-state index is 12.7. The molecule has 114 valence electrons. The molecule has 0 spiro atoms. The van der Waals surface area contributed by atoms with Gasteiger partial charge in [0, 0.05) is 12.6 Å². The van der Waals surface area contributed by atoms with Crippen molar-refractivity contribution < 1.29 is 14.8 Å². The summed E-state index contributed by atoms with van der Waals surface area (Å²) in [4.78, 5) is 24.9. The maximum Gasteiger partial charge on any atom is 0.282 e. The van der Waals surface area contributed by atoms with Crippen LogP contribution < -0.4 is 0 Å². The van der Waals surface area contributed by atoms with Gasteiger partial charge in [0.1, 0.15) is 5.56 Å². The third-order valence-electron chi connectivity index (χ3n) is 3.93. The van der Waals surface area contributed by atoms with Crippen LogP contribution in [-0.2, 0) is 0 Å². The Balaban J connectivity index is 2.37. The Morgan fingerprint density at radius 1 is 1.43 bits per heavy atom. The largest absolute Gasteiger partial charge is 0.394 e. The number of carbonyl (C=O) groups excluding carboxylic acids is 1. The number of likely N-dealkylation sites (tertiary alicyclic amines) is 1. The summed E-state index contributed by atoms with van der Waals surface area (Å²) in [5.41, 5.74) is 0.742. The second-order valence-electron chi connectivity index (χ2n) is 5.46. The minimum absolute atomic E-state index is 0.106. The van der Waals surface area contributed by atoms with Crippen molar-refractivity contribution in [2.75, 3.05) is 13.2 Å². The molecule has 1 atom stereocenters. The van der Waals surface area contributed by atoms with E-state index in [2.05, 4.69) is 0 Å². The molecule has 1 unspecified atom stereocenters. The summed E-state index contributed by atoms with van der Waals surface area (Å²) >= 11 is 0. The van der Waals surface area contributed by atoms with Crippen molar-refractivity contribution >= 4 is 11.6 Å². The average molecular weight is 292 g/mol. The number of nitro benzene ring substituents is 1. The summed E-state index contributed by atoms with van der Waals surface area (Å²) in [7, 11) is 0. The second-order valence-corrected chi connectivity index (χ2v) is 5.46. The average Bonchev–Trinajstić information content (AvgIpc) is 2.71. The normalized spacial score (nSPS) is 19.1. The van der Waals surface area contributed by atoms with Crippen LogP contribution in [0, 0.1) is 17.0 Å². The summed E-state index contributed by atoms with van der Waals surface area (Å²) in [5.74, 6) is -0.355.